The lowest BCUT2D eigenvalue weighted by atomic mass is 9.88. The normalized spacial score (nSPS) is 22.0. The molecule has 1 N–H and O–H groups in total. The summed E-state index contributed by atoms with van der Waals surface area (Å²) in [5.74, 6) is 0.389. The van der Waals surface area contributed by atoms with Gasteiger partial charge in [-0.05, 0) is 30.9 Å². The number of rotatable bonds is 5. The number of hydrogen-bond acceptors (Lipinski definition) is 2. The quantitative estimate of drug-likeness (QED) is 0.817. The number of amides is 1. The van der Waals surface area contributed by atoms with Gasteiger partial charge in [-0.15, -0.1) is 0 Å². The highest BCUT2D eigenvalue weighted by atomic mass is 35.5. The largest absolute Gasteiger partial charge is 0.376 e. The van der Waals surface area contributed by atoms with Crippen LogP contribution in [0.1, 0.15) is 43.0 Å². The number of carbonyl (C=O) groups excluding carboxylic acids is 1. The second kappa shape index (κ2) is 8.02. The number of carbonyl (C=O) groups is 1. The molecule has 116 valence electrons. The topological polar surface area (TPSA) is 38.3 Å². The Morgan fingerprint density at radius 3 is 2.86 bits per heavy atom. The van der Waals surface area contributed by atoms with Crippen LogP contribution in [0.3, 0.4) is 0 Å². The minimum Gasteiger partial charge on any atom is -0.376 e. The first-order valence-corrected chi connectivity index (χ1v) is 8.19. The van der Waals surface area contributed by atoms with Gasteiger partial charge < -0.3 is 10.1 Å². The smallest absolute Gasteiger partial charge is 0.252 e. The lowest BCUT2D eigenvalue weighted by Crippen LogP contribution is -2.31. The Morgan fingerprint density at radius 1 is 1.33 bits per heavy atom. The zero-order chi connectivity index (χ0) is 15.2. The number of hydrogen-bond donors (Lipinski definition) is 1. The van der Waals surface area contributed by atoms with Crippen LogP contribution < -0.4 is 5.32 Å². The zero-order valence-corrected chi connectivity index (χ0v) is 13.7. The lowest BCUT2D eigenvalue weighted by molar-refractivity contribution is -0.00293. The van der Waals surface area contributed by atoms with Gasteiger partial charge in [-0.3, -0.25) is 4.79 Å². The summed E-state index contributed by atoms with van der Waals surface area (Å²) in [4.78, 5) is 12.0. The van der Waals surface area contributed by atoms with E-state index in [9.17, 15) is 4.79 Å². The van der Waals surface area contributed by atoms with Crippen molar-refractivity contribution in [1.82, 2.24) is 5.32 Å². The Labute approximate surface area is 136 Å². The van der Waals surface area contributed by atoms with E-state index in [4.69, 9.17) is 27.9 Å². The molecule has 0 spiro atoms. The van der Waals surface area contributed by atoms with Gasteiger partial charge in [0.2, 0.25) is 0 Å². The molecule has 1 aromatic carbocycles. The number of nitrogens with one attached hydrogen (secondary N) is 1. The average molecular weight is 330 g/mol. The molecule has 1 aromatic rings. The molecule has 0 heterocycles. The minimum atomic E-state index is -0.220. The first-order valence-electron chi connectivity index (χ1n) is 7.43. The van der Waals surface area contributed by atoms with Crippen molar-refractivity contribution in [3.8, 4) is 0 Å². The fraction of sp³-hybridized carbons (Fsp3) is 0.562. The number of ether oxygens (including phenoxy) is 1. The van der Waals surface area contributed by atoms with Crippen LogP contribution in [0.15, 0.2) is 18.2 Å². The molecule has 1 saturated carbocycles. The van der Waals surface area contributed by atoms with Crippen LogP contribution in [0.2, 0.25) is 10.0 Å². The third-order valence-corrected chi connectivity index (χ3v) is 4.77. The fourth-order valence-corrected chi connectivity index (χ4v) is 3.07. The van der Waals surface area contributed by atoms with Crippen LogP contribution in [-0.4, -0.2) is 25.2 Å². The van der Waals surface area contributed by atoms with Gasteiger partial charge in [0.1, 0.15) is 0 Å². The van der Waals surface area contributed by atoms with Gasteiger partial charge in [-0.2, -0.15) is 0 Å². The number of benzene rings is 1. The molecule has 0 bridgehead atoms. The third-order valence-electron chi connectivity index (χ3n) is 3.95. The van der Waals surface area contributed by atoms with Gasteiger partial charge >= 0.3 is 0 Å². The Balaban J connectivity index is 1.75. The lowest BCUT2D eigenvalue weighted by Gasteiger charge is -2.28. The molecule has 1 aliphatic carbocycles. The van der Waals surface area contributed by atoms with E-state index in [0.29, 0.717) is 40.8 Å². The summed E-state index contributed by atoms with van der Waals surface area (Å²) >= 11 is 11.9. The molecule has 0 aromatic heterocycles. The van der Waals surface area contributed by atoms with Crippen molar-refractivity contribution in [3.63, 3.8) is 0 Å². The van der Waals surface area contributed by atoms with Crippen molar-refractivity contribution in [2.45, 2.75) is 38.7 Å². The maximum absolute atomic E-state index is 12.0. The molecular weight excluding hydrogens is 309 g/mol. The third kappa shape index (κ3) is 4.60. The van der Waals surface area contributed by atoms with E-state index in [0.717, 1.165) is 6.42 Å². The predicted molar refractivity (Wildman–Crippen MR) is 86.2 cm³/mol. The second-order valence-electron chi connectivity index (χ2n) is 5.53. The van der Waals surface area contributed by atoms with Crippen molar-refractivity contribution in [2.75, 3.05) is 13.2 Å². The Hall–Kier alpha value is -0.770. The van der Waals surface area contributed by atoms with E-state index in [1.165, 1.54) is 19.3 Å². The van der Waals surface area contributed by atoms with E-state index in [1.54, 1.807) is 18.2 Å². The SMILES string of the molecule is CC1CCCCC1OCCNC(=O)c1cccc(Cl)c1Cl. The monoisotopic (exact) mass is 329 g/mol. The summed E-state index contributed by atoms with van der Waals surface area (Å²) in [6.07, 6.45) is 5.21. The summed E-state index contributed by atoms with van der Waals surface area (Å²) in [7, 11) is 0. The van der Waals surface area contributed by atoms with Gasteiger partial charge in [0.25, 0.3) is 5.91 Å². The van der Waals surface area contributed by atoms with Gasteiger partial charge in [0, 0.05) is 6.54 Å². The fourth-order valence-electron chi connectivity index (χ4n) is 2.68. The molecule has 1 fully saturated rings. The molecule has 2 atom stereocenters. The van der Waals surface area contributed by atoms with Crippen LogP contribution in [0.5, 0.6) is 0 Å². The molecule has 21 heavy (non-hydrogen) atoms. The van der Waals surface area contributed by atoms with E-state index >= 15 is 0 Å². The molecule has 1 aliphatic rings. The molecule has 2 unspecified atom stereocenters. The van der Waals surface area contributed by atoms with Crippen LogP contribution in [0.4, 0.5) is 0 Å². The summed E-state index contributed by atoms with van der Waals surface area (Å²) in [5, 5.41) is 3.49. The first-order chi connectivity index (χ1) is 10.1. The summed E-state index contributed by atoms with van der Waals surface area (Å²) in [6.45, 7) is 3.23. The van der Waals surface area contributed by atoms with Gasteiger partial charge in [0.05, 0.1) is 28.3 Å². The summed E-state index contributed by atoms with van der Waals surface area (Å²) in [6, 6.07) is 5.03. The van der Waals surface area contributed by atoms with E-state index in [1.807, 2.05) is 0 Å². The van der Waals surface area contributed by atoms with Crippen LogP contribution in [0.25, 0.3) is 0 Å². The van der Waals surface area contributed by atoms with Crippen molar-refractivity contribution >= 4 is 29.1 Å². The molecule has 5 heteroatoms. The van der Waals surface area contributed by atoms with Crippen LogP contribution >= 0.6 is 23.2 Å². The zero-order valence-electron chi connectivity index (χ0n) is 12.2. The van der Waals surface area contributed by atoms with Crippen LogP contribution in [0, 0.1) is 5.92 Å². The van der Waals surface area contributed by atoms with Crippen molar-refractivity contribution in [2.24, 2.45) is 5.92 Å². The highest BCUT2D eigenvalue weighted by molar-refractivity contribution is 6.43. The summed E-state index contributed by atoms with van der Waals surface area (Å²) in [5.41, 5.74) is 0.398. The Morgan fingerprint density at radius 2 is 2.10 bits per heavy atom. The van der Waals surface area contributed by atoms with Crippen molar-refractivity contribution in [1.29, 1.82) is 0 Å². The van der Waals surface area contributed by atoms with Gasteiger partial charge in [-0.25, -0.2) is 0 Å². The van der Waals surface area contributed by atoms with E-state index in [2.05, 4.69) is 12.2 Å². The predicted octanol–water partition coefficient (Wildman–Crippen LogP) is 4.32. The van der Waals surface area contributed by atoms with Crippen LogP contribution in [-0.2, 0) is 4.74 Å². The van der Waals surface area contributed by atoms with Crippen molar-refractivity contribution < 1.29 is 9.53 Å². The van der Waals surface area contributed by atoms with E-state index < -0.39 is 0 Å². The maximum Gasteiger partial charge on any atom is 0.252 e. The standard InChI is InChI=1S/C16H21Cl2NO2/c1-11-5-2-3-8-14(11)21-10-9-19-16(20)12-6-4-7-13(17)15(12)18/h4,6-7,11,14H,2-3,5,8-10H2,1H3,(H,19,20). The molecule has 2 rings (SSSR count). The van der Waals surface area contributed by atoms with Gasteiger partial charge in [0.15, 0.2) is 0 Å². The average Bonchev–Trinajstić information content (AvgIpc) is 2.48. The highest BCUT2D eigenvalue weighted by Crippen LogP contribution is 2.26. The second-order valence-corrected chi connectivity index (χ2v) is 6.31. The van der Waals surface area contributed by atoms with E-state index in [-0.39, 0.29) is 5.91 Å². The Bertz CT molecular complexity index is 493. The number of halogens is 2. The molecule has 0 aliphatic heterocycles. The molecule has 1 amide bonds. The molecule has 0 saturated heterocycles. The maximum atomic E-state index is 12.0. The molecular formula is C16H21Cl2NO2. The minimum absolute atomic E-state index is 0.220. The highest BCUT2D eigenvalue weighted by Gasteiger charge is 2.21. The summed E-state index contributed by atoms with van der Waals surface area (Å²) < 4.78 is 5.86. The Kier molecular flexibility index (Phi) is 6.34. The first kappa shape index (κ1) is 16.6. The molecule has 0 radical (unpaired) electrons. The van der Waals surface area contributed by atoms with Crippen molar-refractivity contribution in [3.05, 3.63) is 33.8 Å². The van der Waals surface area contributed by atoms with Gasteiger partial charge in [-0.1, -0.05) is 49.0 Å². The molecule has 3 nitrogen and oxygen atoms in total.